The molecule has 0 saturated carbocycles. The quantitative estimate of drug-likeness (QED) is 0.604. The Balaban J connectivity index is 2.29. The fraction of sp³-hybridized carbons (Fsp3) is 0.308. The molecule has 1 aromatic heterocycles. The van der Waals surface area contributed by atoms with E-state index in [1.54, 1.807) is 11.3 Å². The molecule has 0 fully saturated rings. The summed E-state index contributed by atoms with van der Waals surface area (Å²) in [6, 6.07) is 2.55. The number of aryl methyl sites for hydroxylation is 1. The van der Waals surface area contributed by atoms with Gasteiger partial charge in [0.1, 0.15) is 10.7 Å². The minimum Gasteiger partial charge on any atom is -0.370 e. The van der Waals surface area contributed by atoms with Crippen LogP contribution in [0.4, 0.5) is 11.4 Å². The molecule has 0 radical (unpaired) electrons. The van der Waals surface area contributed by atoms with Crippen molar-refractivity contribution in [1.29, 1.82) is 0 Å². The van der Waals surface area contributed by atoms with Crippen molar-refractivity contribution < 1.29 is 4.92 Å². The number of nitro groups is 1. The lowest BCUT2D eigenvalue weighted by Gasteiger charge is -2.13. The molecule has 1 aromatic carbocycles. The van der Waals surface area contributed by atoms with Crippen molar-refractivity contribution in [3.8, 4) is 0 Å². The van der Waals surface area contributed by atoms with Crippen molar-refractivity contribution in [2.24, 2.45) is 0 Å². The number of nitrogens with one attached hydrogen (secondary N) is 1. The van der Waals surface area contributed by atoms with Crippen molar-refractivity contribution in [3.05, 3.63) is 48.4 Å². The third-order valence-electron chi connectivity index (χ3n) is 2.90. The van der Waals surface area contributed by atoms with E-state index in [0.717, 1.165) is 11.4 Å². The van der Waals surface area contributed by atoms with Gasteiger partial charge in [-0.25, -0.2) is 4.98 Å². The lowest BCUT2D eigenvalue weighted by atomic mass is 10.2. The first-order valence-corrected chi connectivity index (χ1v) is 7.84. The Morgan fingerprint density at radius 3 is 2.67 bits per heavy atom. The maximum absolute atomic E-state index is 11.1. The molecule has 0 amide bonds. The molecule has 0 bridgehead atoms. The second kappa shape index (κ2) is 6.60. The summed E-state index contributed by atoms with van der Waals surface area (Å²) in [5, 5.41) is 15.5. The van der Waals surface area contributed by atoms with Crippen molar-refractivity contribution >= 4 is 45.9 Å². The number of hydrogen-bond acceptors (Lipinski definition) is 5. The van der Waals surface area contributed by atoms with Crippen molar-refractivity contribution in [2.75, 3.05) is 5.32 Å². The summed E-state index contributed by atoms with van der Waals surface area (Å²) in [7, 11) is 0. The molecular weight excluding hydrogens is 333 g/mol. The zero-order valence-electron chi connectivity index (χ0n) is 11.4. The molecule has 1 unspecified atom stereocenters. The van der Waals surface area contributed by atoms with Gasteiger partial charge in [-0.1, -0.05) is 30.1 Å². The molecule has 0 saturated heterocycles. The summed E-state index contributed by atoms with van der Waals surface area (Å²) < 4.78 is 0. The van der Waals surface area contributed by atoms with Gasteiger partial charge in [-0.2, -0.15) is 0 Å². The zero-order chi connectivity index (χ0) is 15.6. The number of hydrogen-bond donors (Lipinski definition) is 1. The predicted octanol–water partition coefficient (Wildman–Crippen LogP) is 5.09. The van der Waals surface area contributed by atoms with E-state index >= 15 is 0 Å². The predicted molar refractivity (Wildman–Crippen MR) is 86.6 cm³/mol. The highest BCUT2D eigenvalue weighted by Crippen LogP contribution is 2.36. The zero-order valence-corrected chi connectivity index (χ0v) is 13.7. The summed E-state index contributed by atoms with van der Waals surface area (Å²) in [4.78, 5) is 16.1. The largest absolute Gasteiger partial charge is 0.370 e. The van der Waals surface area contributed by atoms with E-state index in [4.69, 9.17) is 23.2 Å². The van der Waals surface area contributed by atoms with Crippen LogP contribution in [0.15, 0.2) is 18.3 Å². The molecule has 2 rings (SSSR count). The summed E-state index contributed by atoms with van der Waals surface area (Å²) in [5.74, 6) is 0. The van der Waals surface area contributed by atoms with E-state index in [0.29, 0.717) is 5.69 Å². The Hall–Kier alpha value is -1.37. The second-order valence-electron chi connectivity index (χ2n) is 4.42. The maximum Gasteiger partial charge on any atom is 0.293 e. The van der Waals surface area contributed by atoms with Gasteiger partial charge in [0, 0.05) is 17.1 Å². The van der Waals surface area contributed by atoms with Gasteiger partial charge in [-0.05, 0) is 19.4 Å². The van der Waals surface area contributed by atoms with Crippen LogP contribution in [0.25, 0.3) is 0 Å². The molecule has 5 nitrogen and oxygen atoms in total. The molecule has 8 heteroatoms. The molecule has 2 aromatic rings. The number of thiazole rings is 1. The molecule has 21 heavy (non-hydrogen) atoms. The number of nitrogens with zero attached hydrogens (tertiary/aromatic N) is 2. The first kappa shape index (κ1) is 16.0. The Morgan fingerprint density at radius 2 is 2.10 bits per heavy atom. The molecular formula is C13H13Cl2N3O2S. The molecule has 1 atom stereocenters. The van der Waals surface area contributed by atoms with Gasteiger partial charge >= 0.3 is 0 Å². The summed E-state index contributed by atoms with van der Waals surface area (Å²) in [6.07, 6.45) is 2.73. The lowest BCUT2D eigenvalue weighted by Crippen LogP contribution is -2.08. The number of benzene rings is 1. The highest BCUT2D eigenvalue weighted by Gasteiger charge is 2.20. The summed E-state index contributed by atoms with van der Waals surface area (Å²) in [6.45, 7) is 3.95. The Kier molecular flexibility index (Phi) is 5.03. The van der Waals surface area contributed by atoms with Gasteiger partial charge in [-0.15, -0.1) is 11.3 Å². The van der Waals surface area contributed by atoms with E-state index in [-0.39, 0.29) is 21.8 Å². The highest BCUT2D eigenvalue weighted by molar-refractivity contribution is 7.11. The van der Waals surface area contributed by atoms with Gasteiger partial charge in [0.2, 0.25) is 0 Å². The van der Waals surface area contributed by atoms with Gasteiger partial charge in [0.15, 0.2) is 0 Å². The SMILES string of the molecule is CCc1cnc(C(C)Nc2cc(Cl)c(Cl)cc2[N+](=O)[O-])s1. The van der Waals surface area contributed by atoms with Crippen LogP contribution in [0, 0.1) is 10.1 Å². The fourth-order valence-electron chi connectivity index (χ4n) is 1.78. The molecule has 0 aliphatic heterocycles. The van der Waals surface area contributed by atoms with E-state index in [9.17, 15) is 10.1 Å². The van der Waals surface area contributed by atoms with Crippen molar-refractivity contribution in [1.82, 2.24) is 4.98 Å². The second-order valence-corrected chi connectivity index (χ2v) is 6.39. The average Bonchev–Trinajstić information content (AvgIpc) is 2.91. The number of nitro benzene ring substituents is 1. The van der Waals surface area contributed by atoms with Gasteiger partial charge < -0.3 is 5.32 Å². The van der Waals surface area contributed by atoms with Crippen LogP contribution >= 0.6 is 34.5 Å². The van der Waals surface area contributed by atoms with Crippen LogP contribution in [0.5, 0.6) is 0 Å². The van der Waals surface area contributed by atoms with Crippen LogP contribution < -0.4 is 5.32 Å². The van der Waals surface area contributed by atoms with E-state index in [1.807, 2.05) is 13.1 Å². The average molecular weight is 346 g/mol. The van der Waals surface area contributed by atoms with Crippen LogP contribution in [-0.2, 0) is 6.42 Å². The number of rotatable bonds is 5. The van der Waals surface area contributed by atoms with Gasteiger partial charge in [-0.3, -0.25) is 10.1 Å². The minimum absolute atomic E-state index is 0.108. The number of halogens is 2. The molecule has 112 valence electrons. The minimum atomic E-state index is -0.489. The normalized spacial score (nSPS) is 12.2. The van der Waals surface area contributed by atoms with Crippen LogP contribution in [-0.4, -0.2) is 9.91 Å². The molecule has 0 aliphatic carbocycles. The lowest BCUT2D eigenvalue weighted by molar-refractivity contribution is -0.384. The molecule has 1 heterocycles. The topological polar surface area (TPSA) is 68.1 Å². The fourth-order valence-corrected chi connectivity index (χ4v) is 2.97. The molecule has 0 aliphatic rings. The van der Waals surface area contributed by atoms with Gasteiger partial charge in [0.25, 0.3) is 5.69 Å². The van der Waals surface area contributed by atoms with Crippen molar-refractivity contribution in [3.63, 3.8) is 0 Å². The highest BCUT2D eigenvalue weighted by atomic mass is 35.5. The monoisotopic (exact) mass is 345 g/mol. The summed E-state index contributed by atoms with van der Waals surface area (Å²) in [5.41, 5.74) is 0.221. The van der Waals surface area contributed by atoms with Crippen molar-refractivity contribution in [2.45, 2.75) is 26.3 Å². The van der Waals surface area contributed by atoms with Crippen LogP contribution in [0.3, 0.4) is 0 Å². The smallest absolute Gasteiger partial charge is 0.293 e. The Morgan fingerprint density at radius 1 is 1.43 bits per heavy atom. The van der Waals surface area contributed by atoms with Crippen LogP contribution in [0.2, 0.25) is 10.0 Å². The van der Waals surface area contributed by atoms with Gasteiger partial charge in [0.05, 0.1) is 21.0 Å². The maximum atomic E-state index is 11.1. The summed E-state index contributed by atoms with van der Waals surface area (Å²) >= 11 is 13.3. The molecule has 0 spiro atoms. The Bertz CT molecular complexity index is 675. The third-order valence-corrected chi connectivity index (χ3v) is 4.94. The number of aromatic nitrogens is 1. The first-order chi connectivity index (χ1) is 9.92. The van der Waals surface area contributed by atoms with Crippen LogP contribution in [0.1, 0.15) is 29.8 Å². The standard InChI is InChI=1S/C13H13Cl2N3O2S/c1-3-8-6-16-13(21-8)7(2)17-11-4-9(14)10(15)5-12(11)18(19)20/h4-7,17H,3H2,1-2H3. The van der Waals surface area contributed by atoms with E-state index < -0.39 is 4.92 Å². The molecule has 1 N–H and O–H groups in total. The Labute approximate surface area is 136 Å². The first-order valence-electron chi connectivity index (χ1n) is 6.27. The van der Waals surface area contributed by atoms with E-state index in [2.05, 4.69) is 17.2 Å². The van der Waals surface area contributed by atoms with E-state index in [1.165, 1.54) is 17.0 Å². The third kappa shape index (κ3) is 3.64. The number of anilines is 1.